The Morgan fingerprint density at radius 1 is 1.30 bits per heavy atom. The minimum Gasteiger partial charge on any atom is -0.336 e. The van der Waals surface area contributed by atoms with Crippen molar-refractivity contribution in [3.05, 3.63) is 50.6 Å². The molecule has 122 valence electrons. The summed E-state index contributed by atoms with van der Waals surface area (Å²) in [7, 11) is 1.66. The lowest BCUT2D eigenvalue weighted by atomic mass is 10.2. The maximum absolute atomic E-state index is 12.1. The molecule has 1 aromatic heterocycles. The molecule has 0 saturated heterocycles. The molecule has 1 heterocycles. The Morgan fingerprint density at radius 3 is 2.74 bits per heavy atom. The fourth-order valence-corrected chi connectivity index (χ4v) is 3.32. The van der Waals surface area contributed by atoms with Gasteiger partial charge in [-0.3, -0.25) is 9.59 Å². The number of aryl methyl sites for hydroxylation is 2. The average Bonchev–Trinajstić information content (AvgIpc) is 3.01. The molecule has 0 radical (unpaired) electrons. The number of hydrogen-bond acceptors (Lipinski definition) is 3. The van der Waals surface area contributed by atoms with Gasteiger partial charge in [0.15, 0.2) is 0 Å². The maximum Gasteiger partial charge on any atom is 0.243 e. The third-order valence-electron chi connectivity index (χ3n) is 3.48. The molecule has 2 amide bonds. The Bertz CT molecular complexity index is 686. The van der Waals surface area contributed by atoms with E-state index >= 15 is 0 Å². The van der Waals surface area contributed by atoms with E-state index in [9.17, 15) is 9.59 Å². The Kier molecular flexibility index (Phi) is 6.36. The highest BCUT2D eigenvalue weighted by Crippen LogP contribution is 2.20. The molecule has 0 fully saturated rings. The van der Waals surface area contributed by atoms with E-state index in [0.29, 0.717) is 12.8 Å². The van der Waals surface area contributed by atoms with E-state index in [4.69, 9.17) is 0 Å². The van der Waals surface area contributed by atoms with Crippen LogP contribution in [-0.4, -0.2) is 30.3 Å². The van der Waals surface area contributed by atoms with Crippen LogP contribution in [0.5, 0.6) is 0 Å². The van der Waals surface area contributed by atoms with Gasteiger partial charge in [-0.2, -0.15) is 11.3 Å². The summed E-state index contributed by atoms with van der Waals surface area (Å²) in [5.74, 6) is -0.222. The zero-order valence-corrected chi connectivity index (χ0v) is 15.5. The SMILES string of the molecule is Cc1cc(Br)ccc1NC(=O)CN(C)C(=O)CCc1ccsc1. The van der Waals surface area contributed by atoms with Crippen LogP contribution in [0.4, 0.5) is 5.69 Å². The van der Waals surface area contributed by atoms with Crippen molar-refractivity contribution in [1.82, 2.24) is 4.90 Å². The van der Waals surface area contributed by atoms with Crippen LogP contribution in [0.3, 0.4) is 0 Å². The summed E-state index contributed by atoms with van der Waals surface area (Å²) in [5.41, 5.74) is 2.89. The number of amides is 2. The van der Waals surface area contributed by atoms with Gasteiger partial charge in [0.05, 0.1) is 6.54 Å². The molecule has 1 N–H and O–H groups in total. The number of nitrogens with zero attached hydrogens (tertiary/aromatic N) is 1. The number of carbonyl (C=O) groups excluding carboxylic acids is 2. The lowest BCUT2D eigenvalue weighted by Crippen LogP contribution is -2.35. The highest BCUT2D eigenvalue weighted by molar-refractivity contribution is 9.10. The maximum atomic E-state index is 12.1. The Hall–Kier alpha value is -1.66. The van der Waals surface area contributed by atoms with Gasteiger partial charge in [-0.05, 0) is 59.5 Å². The second-order valence-electron chi connectivity index (χ2n) is 5.39. The Balaban J connectivity index is 1.82. The second kappa shape index (κ2) is 8.26. The van der Waals surface area contributed by atoms with Gasteiger partial charge in [-0.25, -0.2) is 0 Å². The van der Waals surface area contributed by atoms with E-state index in [1.165, 1.54) is 4.90 Å². The van der Waals surface area contributed by atoms with Gasteiger partial charge in [0, 0.05) is 23.6 Å². The van der Waals surface area contributed by atoms with Crippen LogP contribution in [0.2, 0.25) is 0 Å². The molecule has 4 nitrogen and oxygen atoms in total. The first kappa shape index (κ1) is 17.7. The summed E-state index contributed by atoms with van der Waals surface area (Å²) in [6.45, 7) is 1.98. The first-order valence-corrected chi connectivity index (χ1v) is 9.00. The van der Waals surface area contributed by atoms with E-state index in [2.05, 4.69) is 21.2 Å². The predicted molar refractivity (Wildman–Crippen MR) is 97.8 cm³/mol. The number of rotatable bonds is 6. The van der Waals surface area contributed by atoms with Crippen molar-refractivity contribution in [1.29, 1.82) is 0 Å². The fraction of sp³-hybridized carbons (Fsp3) is 0.294. The third kappa shape index (κ3) is 5.48. The summed E-state index contributed by atoms with van der Waals surface area (Å²) in [6, 6.07) is 7.67. The van der Waals surface area contributed by atoms with Gasteiger partial charge < -0.3 is 10.2 Å². The molecule has 0 bridgehead atoms. The molecular formula is C17H19BrN2O2S. The fourth-order valence-electron chi connectivity index (χ4n) is 2.14. The largest absolute Gasteiger partial charge is 0.336 e. The number of nitrogens with one attached hydrogen (secondary N) is 1. The molecule has 0 atom stereocenters. The Labute approximate surface area is 148 Å². The number of hydrogen-bond donors (Lipinski definition) is 1. The topological polar surface area (TPSA) is 49.4 Å². The molecule has 0 spiro atoms. The standard InChI is InChI=1S/C17H19BrN2O2S/c1-12-9-14(18)4-5-15(12)19-16(21)10-20(2)17(22)6-3-13-7-8-23-11-13/h4-5,7-9,11H,3,6,10H2,1-2H3,(H,19,21). The van der Waals surface area contributed by atoms with Crippen LogP contribution in [0.15, 0.2) is 39.5 Å². The van der Waals surface area contributed by atoms with Crippen LogP contribution in [0, 0.1) is 6.92 Å². The molecular weight excluding hydrogens is 376 g/mol. The van der Waals surface area contributed by atoms with Crippen molar-refractivity contribution in [2.45, 2.75) is 19.8 Å². The quantitative estimate of drug-likeness (QED) is 0.808. The van der Waals surface area contributed by atoms with Gasteiger partial charge in [-0.15, -0.1) is 0 Å². The second-order valence-corrected chi connectivity index (χ2v) is 7.08. The van der Waals surface area contributed by atoms with E-state index in [1.54, 1.807) is 18.4 Å². The molecule has 2 rings (SSSR count). The number of anilines is 1. The molecule has 2 aromatic rings. The normalized spacial score (nSPS) is 10.4. The van der Waals surface area contributed by atoms with E-state index in [0.717, 1.165) is 21.3 Å². The molecule has 6 heteroatoms. The number of benzene rings is 1. The number of thiophene rings is 1. The molecule has 23 heavy (non-hydrogen) atoms. The molecule has 1 aromatic carbocycles. The van der Waals surface area contributed by atoms with Crippen LogP contribution >= 0.6 is 27.3 Å². The minimum absolute atomic E-state index is 0.0288. The van der Waals surface area contributed by atoms with Crippen molar-refractivity contribution in [3.63, 3.8) is 0 Å². The van der Waals surface area contributed by atoms with Gasteiger partial charge in [0.2, 0.25) is 11.8 Å². The molecule has 0 aliphatic heterocycles. The van der Waals surface area contributed by atoms with Crippen molar-refractivity contribution >= 4 is 44.8 Å². The minimum atomic E-state index is -0.193. The Morgan fingerprint density at radius 2 is 2.09 bits per heavy atom. The van der Waals surface area contributed by atoms with Crippen molar-refractivity contribution in [2.75, 3.05) is 18.9 Å². The summed E-state index contributed by atoms with van der Waals surface area (Å²) < 4.78 is 0.966. The highest BCUT2D eigenvalue weighted by atomic mass is 79.9. The molecule has 0 aliphatic rings. The first-order chi connectivity index (χ1) is 11.0. The number of likely N-dealkylation sites (N-methyl/N-ethyl adjacent to an activating group) is 1. The van der Waals surface area contributed by atoms with Crippen molar-refractivity contribution in [2.24, 2.45) is 0 Å². The van der Waals surface area contributed by atoms with Crippen LogP contribution in [0.25, 0.3) is 0 Å². The van der Waals surface area contributed by atoms with E-state index in [-0.39, 0.29) is 18.4 Å². The zero-order chi connectivity index (χ0) is 16.8. The van der Waals surface area contributed by atoms with Crippen molar-refractivity contribution in [3.8, 4) is 0 Å². The van der Waals surface area contributed by atoms with Crippen LogP contribution in [0.1, 0.15) is 17.5 Å². The molecule has 0 unspecified atom stereocenters. The lowest BCUT2D eigenvalue weighted by Gasteiger charge is -2.17. The summed E-state index contributed by atoms with van der Waals surface area (Å²) in [4.78, 5) is 25.6. The van der Waals surface area contributed by atoms with Crippen LogP contribution in [-0.2, 0) is 16.0 Å². The van der Waals surface area contributed by atoms with Gasteiger partial charge in [0.25, 0.3) is 0 Å². The summed E-state index contributed by atoms with van der Waals surface area (Å²) in [5, 5.41) is 6.88. The summed E-state index contributed by atoms with van der Waals surface area (Å²) >= 11 is 5.01. The first-order valence-electron chi connectivity index (χ1n) is 7.27. The molecule has 0 saturated carbocycles. The monoisotopic (exact) mass is 394 g/mol. The highest BCUT2D eigenvalue weighted by Gasteiger charge is 2.13. The van der Waals surface area contributed by atoms with Gasteiger partial charge in [-0.1, -0.05) is 15.9 Å². The zero-order valence-electron chi connectivity index (χ0n) is 13.1. The average molecular weight is 395 g/mol. The predicted octanol–water partition coefficient (Wildman–Crippen LogP) is 3.85. The molecule has 0 aliphatic carbocycles. The van der Waals surface area contributed by atoms with Crippen molar-refractivity contribution < 1.29 is 9.59 Å². The lowest BCUT2D eigenvalue weighted by molar-refractivity contribution is -0.133. The summed E-state index contributed by atoms with van der Waals surface area (Å²) in [6.07, 6.45) is 1.12. The van der Waals surface area contributed by atoms with Gasteiger partial charge >= 0.3 is 0 Å². The third-order valence-corrected chi connectivity index (χ3v) is 4.70. The number of halogens is 1. The van der Waals surface area contributed by atoms with Gasteiger partial charge in [0.1, 0.15) is 0 Å². The van der Waals surface area contributed by atoms with Crippen LogP contribution < -0.4 is 5.32 Å². The number of carbonyl (C=O) groups is 2. The smallest absolute Gasteiger partial charge is 0.243 e. The van der Waals surface area contributed by atoms with E-state index in [1.807, 2.05) is 41.9 Å². The van der Waals surface area contributed by atoms with E-state index < -0.39 is 0 Å².